The number of anilines is 1. The molecule has 2 rings (SSSR count). The number of benzene rings is 1. The molecule has 18 heavy (non-hydrogen) atoms. The average Bonchev–Trinajstić information content (AvgIpc) is 2.44. The third-order valence-electron chi connectivity index (χ3n) is 2.64. The second-order valence-electron chi connectivity index (χ2n) is 3.57. The number of hydrogen-bond donors (Lipinski definition) is 1. The number of carbonyl (C=O) groups is 1. The molecule has 0 unspecified atom stereocenters. The Kier molecular flexibility index (Phi) is 3.36. The van der Waals surface area contributed by atoms with E-state index in [-0.39, 0.29) is 5.56 Å². The molecule has 0 radical (unpaired) electrons. The van der Waals surface area contributed by atoms with Gasteiger partial charge in [-0.25, -0.2) is 4.79 Å². The zero-order valence-electron chi connectivity index (χ0n) is 10.4. The molecule has 1 heterocycles. The molecule has 1 aromatic rings. The van der Waals surface area contributed by atoms with E-state index < -0.39 is 5.97 Å². The third-order valence-corrected chi connectivity index (χ3v) is 2.64. The van der Waals surface area contributed by atoms with Crippen molar-refractivity contribution >= 4 is 23.6 Å². The molecular formula is C12H14N2O4. The molecular weight excluding hydrogens is 236 g/mol. The second-order valence-corrected chi connectivity index (χ2v) is 3.57. The van der Waals surface area contributed by atoms with Crippen LogP contribution < -0.4 is 14.8 Å². The highest BCUT2D eigenvalue weighted by Gasteiger charge is 2.26. The molecule has 1 N–H and O–H groups in total. The van der Waals surface area contributed by atoms with Crippen LogP contribution in [-0.4, -0.2) is 40.1 Å². The number of rotatable bonds is 3. The van der Waals surface area contributed by atoms with E-state index in [0.717, 1.165) is 5.69 Å². The first-order chi connectivity index (χ1) is 8.72. The largest absolute Gasteiger partial charge is 0.493 e. The molecule has 0 aromatic heterocycles. The van der Waals surface area contributed by atoms with E-state index in [9.17, 15) is 4.79 Å². The van der Waals surface area contributed by atoms with E-state index in [1.807, 2.05) is 0 Å². The summed E-state index contributed by atoms with van der Waals surface area (Å²) in [7, 11) is 4.29. The van der Waals surface area contributed by atoms with Gasteiger partial charge in [-0.1, -0.05) is 0 Å². The normalized spacial score (nSPS) is 12.4. The van der Waals surface area contributed by atoms with Crippen molar-refractivity contribution in [3.8, 4) is 11.5 Å². The summed E-state index contributed by atoms with van der Waals surface area (Å²) in [6.45, 7) is 0.600. The van der Waals surface area contributed by atoms with Crippen LogP contribution in [0.25, 0.3) is 0 Å². The van der Waals surface area contributed by atoms with Crippen LogP contribution in [0.5, 0.6) is 11.5 Å². The minimum atomic E-state index is -0.511. The van der Waals surface area contributed by atoms with Gasteiger partial charge in [0.15, 0.2) is 11.5 Å². The van der Waals surface area contributed by atoms with E-state index >= 15 is 0 Å². The molecule has 6 heteroatoms. The van der Waals surface area contributed by atoms with Gasteiger partial charge in [0.2, 0.25) is 0 Å². The van der Waals surface area contributed by atoms with Gasteiger partial charge in [0.1, 0.15) is 11.3 Å². The molecule has 0 atom stereocenters. The standard InChI is InChI=1S/C12H14N2O4/c1-16-8-6-7-10(14-5-4-13-7)9(11(8)17-2)12(15)18-3/h5-6,13H,4H2,1-3H3. The lowest BCUT2D eigenvalue weighted by Gasteiger charge is -2.19. The second kappa shape index (κ2) is 4.95. The van der Waals surface area contributed by atoms with Crippen LogP contribution in [0.15, 0.2) is 11.1 Å². The summed E-state index contributed by atoms with van der Waals surface area (Å²) >= 11 is 0. The highest BCUT2D eigenvalue weighted by atomic mass is 16.5. The van der Waals surface area contributed by atoms with E-state index in [1.54, 1.807) is 12.3 Å². The molecule has 1 aliphatic heterocycles. The Morgan fingerprint density at radius 1 is 1.33 bits per heavy atom. The maximum absolute atomic E-state index is 11.9. The van der Waals surface area contributed by atoms with Crippen molar-refractivity contribution < 1.29 is 19.0 Å². The quantitative estimate of drug-likeness (QED) is 0.825. The average molecular weight is 250 g/mol. The Morgan fingerprint density at radius 2 is 2.11 bits per heavy atom. The summed E-state index contributed by atoms with van der Waals surface area (Å²) in [5.74, 6) is 0.271. The maximum Gasteiger partial charge on any atom is 0.344 e. The number of esters is 1. The fourth-order valence-electron chi connectivity index (χ4n) is 1.84. The fourth-order valence-corrected chi connectivity index (χ4v) is 1.84. The van der Waals surface area contributed by atoms with E-state index in [0.29, 0.717) is 23.7 Å². The van der Waals surface area contributed by atoms with Crippen molar-refractivity contribution in [2.45, 2.75) is 0 Å². The number of methoxy groups -OCH3 is 3. The van der Waals surface area contributed by atoms with Crippen molar-refractivity contribution in [1.82, 2.24) is 0 Å². The molecule has 0 saturated heterocycles. The van der Waals surface area contributed by atoms with Crippen LogP contribution in [0.2, 0.25) is 0 Å². The number of carbonyl (C=O) groups excluding carboxylic acids is 1. The van der Waals surface area contributed by atoms with Gasteiger partial charge >= 0.3 is 5.97 Å². The minimum absolute atomic E-state index is 0.262. The van der Waals surface area contributed by atoms with Crippen LogP contribution in [0.1, 0.15) is 10.4 Å². The number of nitrogens with zero attached hydrogens (tertiary/aromatic N) is 1. The highest BCUT2D eigenvalue weighted by Crippen LogP contribution is 2.44. The summed E-state index contributed by atoms with van der Waals surface area (Å²) in [6.07, 6.45) is 1.68. The molecule has 1 aliphatic rings. The Labute approximate surface area is 105 Å². The first-order valence-electron chi connectivity index (χ1n) is 5.36. The SMILES string of the molecule is COC(=O)c1c2c(cc(OC)c1OC)NCC=N2. The predicted octanol–water partition coefficient (Wildman–Crippen LogP) is 1.62. The number of hydrogen-bond acceptors (Lipinski definition) is 6. The molecule has 0 fully saturated rings. The van der Waals surface area contributed by atoms with Crippen molar-refractivity contribution in [3.05, 3.63) is 11.6 Å². The first-order valence-corrected chi connectivity index (χ1v) is 5.36. The summed E-state index contributed by atoms with van der Waals surface area (Å²) in [5, 5.41) is 3.12. The minimum Gasteiger partial charge on any atom is -0.493 e. The molecule has 6 nitrogen and oxygen atoms in total. The van der Waals surface area contributed by atoms with Crippen LogP contribution in [-0.2, 0) is 4.74 Å². The lowest BCUT2D eigenvalue weighted by molar-refractivity contribution is 0.0597. The Balaban J connectivity index is 2.72. The summed E-state index contributed by atoms with van der Waals surface area (Å²) in [6, 6.07) is 1.75. The molecule has 0 amide bonds. The summed E-state index contributed by atoms with van der Waals surface area (Å²) in [4.78, 5) is 16.1. The lowest BCUT2D eigenvalue weighted by Crippen LogP contribution is -2.12. The first kappa shape index (κ1) is 12.2. The predicted molar refractivity (Wildman–Crippen MR) is 67.5 cm³/mol. The van der Waals surface area contributed by atoms with Crippen LogP contribution >= 0.6 is 0 Å². The van der Waals surface area contributed by atoms with Gasteiger partial charge in [-0.15, -0.1) is 0 Å². The molecule has 0 aliphatic carbocycles. The van der Waals surface area contributed by atoms with Crippen LogP contribution in [0.3, 0.4) is 0 Å². The van der Waals surface area contributed by atoms with Gasteiger partial charge in [-0.05, 0) is 0 Å². The number of aliphatic imine (C=N–C) groups is 1. The van der Waals surface area contributed by atoms with Crippen molar-refractivity contribution in [2.75, 3.05) is 33.2 Å². The van der Waals surface area contributed by atoms with E-state index in [4.69, 9.17) is 14.2 Å². The fraction of sp³-hybridized carbons (Fsp3) is 0.333. The number of ether oxygens (including phenoxy) is 3. The Morgan fingerprint density at radius 3 is 2.72 bits per heavy atom. The third kappa shape index (κ3) is 1.85. The Bertz CT molecular complexity index is 511. The molecule has 0 saturated carbocycles. The van der Waals surface area contributed by atoms with Crippen molar-refractivity contribution in [2.24, 2.45) is 4.99 Å². The van der Waals surface area contributed by atoms with Gasteiger partial charge < -0.3 is 19.5 Å². The van der Waals surface area contributed by atoms with Crippen LogP contribution in [0.4, 0.5) is 11.4 Å². The molecule has 1 aromatic carbocycles. The van der Waals surface area contributed by atoms with Gasteiger partial charge in [-0.3, -0.25) is 4.99 Å². The van der Waals surface area contributed by atoms with E-state index in [1.165, 1.54) is 21.3 Å². The van der Waals surface area contributed by atoms with Crippen molar-refractivity contribution in [1.29, 1.82) is 0 Å². The zero-order chi connectivity index (χ0) is 13.1. The number of fused-ring (bicyclic) bond motifs is 1. The van der Waals surface area contributed by atoms with Crippen molar-refractivity contribution in [3.63, 3.8) is 0 Å². The van der Waals surface area contributed by atoms with Crippen LogP contribution in [0, 0.1) is 0 Å². The summed E-state index contributed by atoms with van der Waals surface area (Å²) < 4.78 is 15.2. The maximum atomic E-state index is 11.9. The number of nitrogens with one attached hydrogen (secondary N) is 1. The molecule has 0 spiro atoms. The zero-order valence-corrected chi connectivity index (χ0v) is 10.4. The summed E-state index contributed by atoms with van der Waals surface area (Å²) in [5.41, 5.74) is 1.49. The van der Waals surface area contributed by atoms with Gasteiger partial charge in [0.05, 0.1) is 33.6 Å². The lowest BCUT2D eigenvalue weighted by atomic mass is 10.1. The molecule has 0 bridgehead atoms. The van der Waals surface area contributed by atoms with Gasteiger partial charge in [-0.2, -0.15) is 0 Å². The monoisotopic (exact) mass is 250 g/mol. The Hall–Kier alpha value is -2.24. The van der Waals surface area contributed by atoms with E-state index in [2.05, 4.69) is 10.3 Å². The topological polar surface area (TPSA) is 69.2 Å². The highest BCUT2D eigenvalue weighted by molar-refractivity contribution is 6.04. The van der Waals surface area contributed by atoms with Gasteiger partial charge in [0.25, 0.3) is 0 Å². The van der Waals surface area contributed by atoms with Gasteiger partial charge in [0, 0.05) is 12.3 Å². The smallest absolute Gasteiger partial charge is 0.344 e. The molecule has 96 valence electrons.